The predicted molar refractivity (Wildman–Crippen MR) is 87.5 cm³/mol. The first kappa shape index (κ1) is 15.6. The van der Waals surface area contributed by atoms with Crippen molar-refractivity contribution < 1.29 is 8.42 Å². The van der Waals surface area contributed by atoms with Crippen molar-refractivity contribution in [2.45, 2.75) is 24.9 Å². The molecule has 0 aliphatic heterocycles. The molecule has 0 aliphatic rings. The van der Waals surface area contributed by atoms with Gasteiger partial charge in [-0.1, -0.05) is 29.8 Å². The van der Waals surface area contributed by atoms with E-state index in [4.69, 9.17) is 0 Å². The van der Waals surface area contributed by atoms with Gasteiger partial charge in [-0.2, -0.15) is 4.31 Å². The van der Waals surface area contributed by atoms with Crippen LogP contribution in [0.4, 0.5) is 0 Å². The minimum absolute atomic E-state index is 0.0203. The first-order valence-corrected chi connectivity index (χ1v) is 8.67. The van der Waals surface area contributed by atoms with Gasteiger partial charge >= 0.3 is 0 Å². The molecule has 7 heteroatoms. The lowest BCUT2D eigenvalue weighted by Gasteiger charge is -2.23. The SMILES string of the molecule is Cc1ccc([C@H](C)N(C)S(=O)(=O)c2cn3ccncc3n2)cc1. The third-order valence-electron chi connectivity index (χ3n) is 3.99. The number of aryl methyl sites for hydroxylation is 1. The van der Waals surface area contributed by atoms with Crippen LogP contribution in [0.15, 0.2) is 54.1 Å². The van der Waals surface area contributed by atoms with Crippen molar-refractivity contribution in [2.75, 3.05) is 7.05 Å². The van der Waals surface area contributed by atoms with Crippen LogP contribution in [0.25, 0.3) is 5.65 Å². The third kappa shape index (κ3) is 2.85. The summed E-state index contributed by atoms with van der Waals surface area (Å²) in [4.78, 5) is 8.12. The molecular weight excluding hydrogens is 312 g/mol. The molecule has 1 atom stereocenters. The topological polar surface area (TPSA) is 67.6 Å². The van der Waals surface area contributed by atoms with Crippen LogP contribution in [0.2, 0.25) is 0 Å². The van der Waals surface area contributed by atoms with Gasteiger partial charge in [0, 0.05) is 31.7 Å². The Balaban J connectivity index is 1.96. The average molecular weight is 330 g/mol. The summed E-state index contributed by atoms with van der Waals surface area (Å²) < 4.78 is 28.6. The van der Waals surface area contributed by atoms with Gasteiger partial charge in [0.1, 0.15) is 0 Å². The molecule has 0 saturated heterocycles. The lowest BCUT2D eigenvalue weighted by atomic mass is 10.1. The summed E-state index contributed by atoms with van der Waals surface area (Å²) in [6.45, 7) is 3.86. The zero-order chi connectivity index (χ0) is 16.6. The van der Waals surface area contributed by atoms with E-state index in [2.05, 4.69) is 9.97 Å². The quantitative estimate of drug-likeness (QED) is 0.737. The zero-order valence-electron chi connectivity index (χ0n) is 13.2. The maximum Gasteiger partial charge on any atom is 0.262 e. The van der Waals surface area contributed by atoms with Crippen molar-refractivity contribution in [1.29, 1.82) is 0 Å². The molecule has 3 aromatic rings. The molecule has 0 fully saturated rings. The highest BCUT2D eigenvalue weighted by Gasteiger charge is 2.28. The van der Waals surface area contributed by atoms with E-state index in [-0.39, 0.29) is 11.1 Å². The normalized spacial score (nSPS) is 13.6. The van der Waals surface area contributed by atoms with Crippen molar-refractivity contribution in [3.8, 4) is 0 Å². The summed E-state index contributed by atoms with van der Waals surface area (Å²) >= 11 is 0. The molecule has 0 unspecified atom stereocenters. The molecule has 0 radical (unpaired) electrons. The standard InChI is InChI=1S/C16H18N4O2S/c1-12-4-6-14(7-5-12)13(2)19(3)23(21,22)16-11-20-9-8-17-10-15(20)18-16/h4-11,13H,1-3H3/t13-/m0/s1. The molecule has 120 valence electrons. The summed E-state index contributed by atoms with van der Waals surface area (Å²) in [5.41, 5.74) is 2.58. The Morgan fingerprint density at radius 3 is 2.57 bits per heavy atom. The summed E-state index contributed by atoms with van der Waals surface area (Å²) in [6, 6.07) is 7.55. The van der Waals surface area contributed by atoms with E-state index in [0.717, 1.165) is 11.1 Å². The Kier molecular flexibility index (Phi) is 3.91. The van der Waals surface area contributed by atoms with Crippen LogP contribution in [0.3, 0.4) is 0 Å². The van der Waals surface area contributed by atoms with Crippen LogP contribution >= 0.6 is 0 Å². The second kappa shape index (κ2) is 5.75. The molecule has 0 spiro atoms. The first-order chi connectivity index (χ1) is 10.9. The molecule has 0 aliphatic carbocycles. The van der Waals surface area contributed by atoms with E-state index < -0.39 is 10.0 Å². The van der Waals surface area contributed by atoms with Gasteiger partial charge in [-0.25, -0.2) is 13.4 Å². The lowest BCUT2D eigenvalue weighted by molar-refractivity contribution is 0.397. The Bertz CT molecular complexity index is 899. The largest absolute Gasteiger partial charge is 0.303 e. The van der Waals surface area contributed by atoms with E-state index in [1.165, 1.54) is 16.7 Å². The van der Waals surface area contributed by atoms with Crippen LogP contribution < -0.4 is 0 Å². The highest BCUT2D eigenvalue weighted by Crippen LogP contribution is 2.25. The number of hydrogen-bond donors (Lipinski definition) is 0. The predicted octanol–water partition coefficient (Wildman–Crippen LogP) is 2.42. The van der Waals surface area contributed by atoms with Gasteiger partial charge in [0.2, 0.25) is 0 Å². The zero-order valence-corrected chi connectivity index (χ0v) is 14.0. The van der Waals surface area contributed by atoms with Gasteiger partial charge in [-0.05, 0) is 19.4 Å². The maximum absolute atomic E-state index is 12.8. The highest BCUT2D eigenvalue weighted by molar-refractivity contribution is 7.89. The number of imidazole rings is 1. The number of hydrogen-bond acceptors (Lipinski definition) is 4. The number of aromatic nitrogens is 3. The average Bonchev–Trinajstić information content (AvgIpc) is 2.99. The second-order valence-electron chi connectivity index (χ2n) is 5.53. The minimum Gasteiger partial charge on any atom is -0.303 e. The van der Waals surface area contributed by atoms with Gasteiger partial charge in [0.15, 0.2) is 10.7 Å². The smallest absolute Gasteiger partial charge is 0.262 e. The molecule has 0 amide bonds. The summed E-state index contributed by atoms with van der Waals surface area (Å²) in [5.74, 6) is 0. The number of nitrogens with zero attached hydrogens (tertiary/aromatic N) is 4. The van der Waals surface area contributed by atoms with Gasteiger partial charge < -0.3 is 4.40 Å². The fourth-order valence-electron chi connectivity index (χ4n) is 2.35. The van der Waals surface area contributed by atoms with Crippen LogP contribution in [0.5, 0.6) is 0 Å². The molecule has 2 aromatic heterocycles. The lowest BCUT2D eigenvalue weighted by Crippen LogP contribution is -2.30. The van der Waals surface area contributed by atoms with Gasteiger partial charge in [0.05, 0.1) is 6.20 Å². The van der Waals surface area contributed by atoms with E-state index in [0.29, 0.717) is 5.65 Å². The van der Waals surface area contributed by atoms with Crippen LogP contribution in [0.1, 0.15) is 24.1 Å². The van der Waals surface area contributed by atoms with Crippen molar-refractivity contribution in [2.24, 2.45) is 0 Å². The van der Waals surface area contributed by atoms with Crippen LogP contribution in [0, 0.1) is 6.92 Å². The molecule has 0 bridgehead atoms. The Labute approximate surface area is 135 Å². The molecule has 3 rings (SSSR count). The molecule has 0 N–H and O–H groups in total. The fourth-order valence-corrected chi connectivity index (χ4v) is 3.64. The van der Waals surface area contributed by atoms with E-state index in [1.54, 1.807) is 23.8 Å². The van der Waals surface area contributed by atoms with Crippen molar-refractivity contribution in [3.63, 3.8) is 0 Å². The number of fused-ring (bicyclic) bond motifs is 1. The Morgan fingerprint density at radius 1 is 1.22 bits per heavy atom. The van der Waals surface area contributed by atoms with Gasteiger partial charge in [-0.3, -0.25) is 4.98 Å². The van der Waals surface area contributed by atoms with Crippen LogP contribution in [-0.4, -0.2) is 34.1 Å². The van der Waals surface area contributed by atoms with E-state index in [1.807, 2.05) is 38.1 Å². The molecule has 0 saturated carbocycles. The minimum atomic E-state index is -3.68. The molecule has 23 heavy (non-hydrogen) atoms. The Hall–Kier alpha value is -2.25. The number of benzene rings is 1. The Morgan fingerprint density at radius 2 is 1.91 bits per heavy atom. The fraction of sp³-hybridized carbons (Fsp3) is 0.250. The molecule has 1 aromatic carbocycles. The molecule has 2 heterocycles. The van der Waals surface area contributed by atoms with E-state index in [9.17, 15) is 8.42 Å². The van der Waals surface area contributed by atoms with Crippen molar-refractivity contribution in [1.82, 2.24) is 18.7 Å². The van der Waals surface area contributed by atoms with E-state index >= 15 is 0 Å². The highest BCUT2D eigenvalue weighted by atomic mass is 32.2. The number of sulfonamides is 1. The van der Waals surface area contributed by atoms with Gasteiger partial charge in [-0.15, -0.1) is 0 Å². The summed E-state index contributed by atoms with van der Waals surface area (Å²) in [5, 5.41) is 0.0203. The summed E-state index contributed by atoms with van der Waals surface area (Å²) in [6.07, 6.45) is 6.29. The monoisotopic (exact) mass is 330 g/mol. The first-order valence-electron chi connectivity index (χ1n) is 7.23. The number of rotatable bonds is 4. The maximum atomic E-state index is 12.8. The molecule has 6 nitrogen and oxygen atoms in total. The van der Waals surface area contributed by atoms with Crippen LogP contribution in [-0.2, 0) is 10.0 Å². The second-order valence-corrected chi connectivity index (χ2v) is 7.47. The van der Waals surface area contributed by atoms with Crippen molar-refractivity contribution >= 4 is 15.7 Å². The third-order valence-corrected chi connectivity index (χ3v) is 5.79. The van der Waals surface area contributed by atoms with Gasteiger partial charge in [0.25, 0.3) is 10.0 Å². The van der Waals surface area contributed by atoms with Crippen molar-refractivity contribution in [3.05, 3.63) is 60.2 Å². The molecular formula is C16H18N4O2S. The summed E-state index contributed by atoms with van der Waals surface area (Å²) in [7, 11) is -2.11.